The second kappa shape index (κ2) is 8.24. The van der Waals surface area contributed by atoms with Crippen molar-refractivity contribution in [3.8, 4) is 6.07 Å². The quantitative estimate of drug-likeness (QED) is 0.678. The molecule has 0 bridgehead atoms. The minimum atomic E-state index is -2.66. The highest BCUT2D eigenvalue weighted by atomic mass is 79.9. The molecule has 1 aliphatic carbocycles. The van der Waals surface area contributed by atoms with E-state index in [2.05, 4.69) is 32.6 Å². The van der Waals surface area contributed by atoms with E-state index in [1.54, 1.807) is 24.3 Å². The molecule has 25 heavy (non-hydrogen) atoms. The smallest absolute Gasteiger partial charge is 0.257 e. The molecule has 0 spiro atoms. The Bertz CT molecular complexity index is 639. The van der Waals surface area contributed by atoms with Crippen LogP contribution in [0.1, 0.15) is 44.7 Å². The van der Waals surface area contributed by atoms with Crippen LogP contribution < -0.4 is 10.6 Å². The molecule has 0 unspecified atom stereocenters. The molecule has 4 nitrogen and oxygen atoms in total. The van der Waals surface area contributed by atoms with Crippen LogP contribution in [0.5, 0.6) is 0 Å². The molecule has 1 aromatic rings. The first-order chi connectivity index (χ1) is 11.8. The summed E-state index contributed by atoms with van der Waals surface area (Å²) in [7, 11) is 0. The third-order valence-corrected chi connectivity index (χ3v) is 4.74. The van der Waals surface area contributed by atoms with Crippen LogP contribution >= 0.6 is 15.9 Å². The van der Waals surface area contributed by atoms with Gasteiger partial charge in [0.2, 0.25) is 5.91 Å². The number of nitriles is 1. The fourth-order valence-electron chi connectivity index (χ4n) is 2.64. The van der Waals surface area contributed by atoms with E-state index in [-0.39, 0.29) is 5.92 Å². The molecule has 0 heterocycles. The molecule has 2 atom stereocenters. The molecule has 136 valence electrons. The summed E-state index contributed by atoms with van der Waals surface area (Å²) in [4.78, 5) is 12.6. The number of rotatable bonds is 8. The lowest BCUT2D eigenvalue weighted by Gasteiger charge is -2.27. The van der Waals surface area contributed by atoms with E-state index < -0.39 is 30.0 Å². The third-order valence-electron chi connectivity index (χ3n) is 4.21. The van der Waals surface area contributed by atoms with Gasteiger partial charge in [0.15, 0.2) is 0 Å². The summed E-state index contributed by atoms with van der Waals surface area (Å²) in [6, 6.07) is 6.66. The van der Waals surface area contributed by atoms with Gasteiger partial charge in [0.25, 0.3) is 6.43 Å². The van der Waals surface area contributed by atoms with Gasteiger partial charge in [0, 0.05) is 4.47 Å². The lowest BCUT2D eigenvalue weighted by Crippen LogP contribution is -2.50. The average molecular weight is 414 g/mol. The molecular formula is C18H22BrF2N3O. The van der Waals surface area contributed by atoms with Crippen LogP contribution in [-0.4, -0.2) is 23.9 Å². The Hall–Kier alpha value is -1.52. The number of hydrogen-bond acceptors (Lipinski definition) is 3. The van der Waals surface area contributed by atoms with Crippen molar-refractivity contribution in [3.05, 3.63) is 34.3 Å². The first-order valence-electron chi connectivity index (χ1n) is 8.29. The summed E-state index contributed by atoms with van der Waals surface area (Å²) in [6.07, 6.45) is -1.04. The van der Waals surface area contributed by atoms with E-state index in [1.807, 2.05) is 13.8 Å². The Morgan fingerprint density at radius 2 is 1.92 bits per heavy atom. The SMILES string of the molecule is CC(C)C[C@H](N[C@@H](c1ccc(Br)cc1)C(F)F)C(=O)NC1(C#N)CC1. The molecule has 0 aliphatic heterocycles. The molecule has 1 amide bonds. The molecule has 2 rings (SSSR count). The maximum Gasteiger partial charge on any atom is 0.257 e. The first kappa shape index (κ1) is 19.8. The predicted molar refractivity (Wildman–Crippen MR) is 95.0 cm³/mol. The van der Waals surface area contributed by atoms with Crippen molar-refractivity contribution in [1.82, 2.24) is 10.6 Å². The van der Waals surface area contributed by atoms with Gasteiger partial charge in [-0.3, -0.25) is 10.1 Å². The number of halogens is 3. The summed E-state index contributed by atoms with van der Waals surface area (Å²) in [6.45, 7) is 3.85. The fourth-order valence-corrected chi connectivity index (χ4v) is 2.90. The maximum absolute atomic E-state index is 13.6. The van der Waals surface area contributed by atoms with Gasteiger partial charge >= 0.3 is 0 Å². The van der Waals surface area contributed by atoms with Gasteiger partial charge in [-0.2, -0.15) is 5.26 Å². The van der Waals surface area contributed by atoms with E-state index in [1.165, 1.54) is 0 Å². The summed E-state index contributed by atoms with van der Waals surface area (Å²) in [5, 5.41) is 14.7. The van der Waals surface area contributed by atoms with Crippen molar-refractivity contribution < 1.29 is 13.6 Å². The van der Waals surface area contributed by atoms with Gasteiger partial charge in [0.05, 0.1) is 18.2 Å². The van der Waals surface area contributed by atoms with Crippen molar-refractivity contribution in [3.63, 3.8) is 0 Å². The Kier molecular flexibility index (Phi) is 6.53. The second-order valence-corrected chi connectivity index (χ2v) is 7.81. The molecule has 0 radical (unpaired) electrons. The number of amides is 1. The zero-order valence-electron chi connectivity index (χ0n) is 14.2. The van der Waals surface area contributed by atoms with Crippen molar-refractivity contribution >= 4 is 21.8 Å². The Morgan fingerprint density at radius 1 is 1.32 bits per heavy atom. The number of nitrogens with zero attached hydrogens (tertiary/aromatic N) is 1. The van der Waals surface area contributed by atoms with Crippen molar-refractivity contribution in [2.24, 2.45) is 5.92 Å². The van der Waals surface area contributed by atoms with Crippen LogP contribution in [0.25, 0.3) is 0 Å². The minimum absolute atomic E-state index is 0.142. The lowest BCUT2D eigenvalue weighted by atomic mass is 9.99. The van der Waals surface area contributed by atoms with E-state index in [0.717, 1.165) is 4.47 Å². The number of carbonyl (C=O) groups is 1. The van der Waals surface area contributed by atoms with Gasteiger partial charge in [-0.1, -0.05) is 41.9 Å². The molecule has 1 fully saturated rings. The topological polar surface area (TPSA) is 64.9 Å². The normalized spacial score (nSPS) is 17.8. The van der Waals surface area contributed by atoms with Gasteiger partial charge in [0.1, 0.15) is 5.54 Å². The molecule has 1 saturated carbocycles. The zero-order chi connectivity index (χ0) is 18.6. The summed E-state index contributed by atoms with van der Waals surface area (Å²) in [5.41, 5.74) is -0.396. The highest BCUT2D eigenvalue weighted by molar-refractivity contribution is 9.10. The Balaban J connectivity index is 2.16. The summed E-state index contributed by atoms with van der Waals surface area (Å²) >= 11 is 3.28. The molecule has 0 aromatic heterocycles. The van der Waals surface area contributed by atoms with Crippen molar-refractivity contribution in [2.45, 2.75) is 57.2 Å². The van der Waals surface area contributed by atoms with Gasteiger partial charge in [-0.25, -0.2) is 8.78 Å². The van der Waals surface area contributed by atoms with Crippen LogP contribution in [0.3, 0.4) is 0 Å². The zero-order valence-corrected chi connectivity index (χ0v) is 15.8. The minimum Gasteiger partial charge on any atom is -0.336 e. The molecule has 1 aliphatic rings. The number of alkyl halides is 2. The average Bonchev–Trinajstić information content (AvgIpc) is 3.32. The Labute approximate surface area is 155 Å². The number of hydrogen-bond donors (Lipinski definition) is 2. The molecule has 0 saturated heterocycles. The Morgan fingerprint density at radius 3 is 2.36 bits per heavy atom. The molecule has 7 heteroatoms. The van der Waals surface area contributed by atoms with Crippen LogP contribution in [0.15, 0.2) is 28.7 Å². The van der Waals surface area contributed by atoms with Gasteiger partial charge in [-0.05, 0) is 42.9 Å². The molecule has 2 N–H and O–H groups in total. The van der Waals surface area contributed by atoms with E-state index in [9.17, 15) is 13.6 Å². The lowest BCUT2D eigenvalue weighted by molar-refractivity contribution is -0.124. The number of benzene rings is 1. The van der Waals surface area contributed by atoms with Crippen LogP contribution in [0.4, 0.5) is 8.78 Å². The van der Waals surface area contributed by atoms with E-state index >= 15 is 0 Å². The van der Waals surface area contributed by atoms with Crippen molar-refractivity contribution in [2.75, 3.05) is 0 Å². The van der Waals surface area contributed by atoms with E-state index in [4.69, 9.17) is 5.26 Å². The van der Waals surface area contributed by atoms with Crippen molar-refractivity contribution in [1.29, 1.82) is 5.26 Å². The van der Waals surface area contributed by atoms with Crippen LogP contribution in [0, 0.1) is 17.2 Å². The van der Waals surface area contributed by atoms with Gasteiger partial charge < -0.3 is 5.32 Å². The standard InChI is InChI=1S/C18H22BrF2N3O/c1-11(2)9-14(17(25)24-18(10-22)7-8-18)23-15(16(20)21)12-3-5-13(19)6-4-12/h3-6,11,14-16,23H,7-9H2,1-2H3,(H,24,25)/t14-,15-/m0/s1. The van der Waals surface area contributed by atoms with E-state index in [0.29, 0.717) is 24.8 Å². The van der Waals surface area contributed by atoms with Crippen LogP contribution in [0.2, 0.25) is 0 Å². The highest BCUT2D eigenvalue weighted by Gasteiger charge is 2.46. The largest absolute Gasteiger partial charge is 0.336 e. The highest BCUT2D eigenvalue weighted by Crippen LogP contribution is 2.34. The first-order valence-corrected chi connectivity index (χ1v) is 9.08. The molecular weight excluding hydrogens is 392 g/mol. The maximum atomic E-state index is 13.6. The van der Waals surface area contributed by atoms with Crippen LogP contribution in [-0.2, 0) is 4.79 Å². The summed E-state index contributed by atoms with van der Waals surface area (Å²) in [5.74, 6) is -0.251. The molecule has 1 aromatic carbocycles. The second-order valence-electron chi connectivity index (χ2n) is 6.90. The number of carbonyl (C=O) groups excluding carboxylic acids is 1. The third kappa shape index (κ3) is 5.48. The summed E-state index contributed by atoms with van der Waals surface area (Å²) < 4.78 is 28.0. The monoisotopic (exact) mass is 413 g/mol. The number of nitrogens with one attached hydrogen (secondary N) is 2. The predicted octanol–water partition coefficient (Wildman–Crippen LogP) is 3.93. The van der Waals surface area contributed by atoms with Gasteiger partial charge in [-0.15, -0.1) is 0 Å². The fraction of sp³-hybridized carbons (Fsp3) is 0.556.